The number of hydrogen-bond acceptors (Lipinski definition) is 3. The van der Waals surface area contributed by atoms with Crippen LogP contribution in [0.15, 0.2) is 18.2 Å². The molecule has 0 spiro atoms. The smallest absolute Gasteiger partial charge is 0.120 e. The molecule has 68 valence electrons. The summed E-state index contributed by atoms with van der Waals surface area (Å²) in [4.78, 5) is 0. The molecule has 0 heterocycles. The second-order valence-electron chi connectivity index (χ2n) is 2.98. The molecule has 0 radical (unpaired) electrons. The summed E-state index contributed by atoms with van der Waals surface area (Å²) < 4.78 is 0. The van der Waals surface area contributed by atoms with Gasteiger partial charge in [0.05, 0.1) is 12.5 Å². The molecule has 0 saturated heterocycles. The third-order valence-electron chi connectivity index (χ3n) is 1.98. The van der Waals surface area contributed by atoms with E-state index in [1.165, 1.54) is 0 Å². The predicted octanol–water partition coefficient (Wildman–Crippen LogP) is 1.61. The van der Waals surface area contributed by atoms with Gasteiger partial charge in [-0.25, -0.2) is 0 Å². The second-order valence-corrected chi connectivity index (χ2v) is 2.98. The van der Waals surface area contributed by atoms with Gasteiger partial charge in [-0.3, -0.25) is 0 Å². The van der Waals surface area contributed by atoms with Crippen LogP contribution in [0, 0.1) is 18.3 Å². The first-order valence-electron chi connectivity index (χ1n) is 4.08. The van der Waals surface area contributed by atoms with Gasteiger partial charge in [-0.05, 0) is 18.6 Å². The predicted molar refractivity (Wildman–Crippen MR) is 50.0 cm³/mol. The lowest BCUT2D eigenvalue weighted by Crippen LogP contribution is -2.10. The third kappa shape index (κ3) is 1.98. The fraction of sp³-hybridized carbons (Fsp3) is 0.300. The summed E-state index contributed by atoms with van der Waals surface area (Å²) in [5.74, 6) is 0.169. The first-order valence-corrected chi connectivity index (χ1v) is 4.08. The van der Waals surface area contributed by atoms with Crippen LogP contribution in [0.5, 0.6) is 5.75 Å². The molecule has 0 aliphatic rings. The molecular formula is C10H12N2O. The fourth-order valence-corrected chi connectivity index (χ4v) is 1.35. The number of hydrogen-bond donors (Lipinski definition) is 2. The summed E-state index contributed by atoms with van der Waals surface area (Å²) in [6.07, 6.45) is 0.221. The van der Waals surface area contributed by atoms with Crippen molar-refractivity contribution < 1.29 is 5.11 Å². The molecule has 1 rings (SSSR count). The zero-order valence-electron chi connectivity index (χ0n) is 7.49. The molecule has 0 saturated carbocycles. The van der Waals surface area contributed by atoms with Gasteiger partial charge < -0.3 is 10.8 Å². The third-order valence-corrected chi connectivity index (χ3v) is 1.98. The molecule has 0 bridgehead atoms. The van der Waals surface area contributed by atoms with E-state index in [-0.39, 0.29) is 12.2 Å². The van der Waals surface area contributed by atoms with E-state index in [1.807, 2.05) is 19.1 Å². The molecule has 0 aromatic heterocycles. The first kappa shape index (κ1) is 9.56. The van der Waals surface area contributed by atoms with Crippen molar-refractivity contribution in [3.05, 3.63) is 29.3 Å². The molecular weight excluding hydrogens is 164 g/mol. The molecule has 0 aliphatic heterocycles. The quantitative estimate of drug-likeness (QED) is 0.719. The van der Waals surface area contributed by atoms with Crippen LogP contribution in [0.1, 0.15) is 23.6 Å². The zero-order valence-corrected chi connectivity index (χ0v) is 7.49. The lowest BCUT2D eigenvalue weighted by Gasteiger charge is -2.12. The highest BCUT2D eigenvalue weighted by atomic mass is 16.3. The van der Waals surface area contributed by atoms with Gasteiger partial charge in [0.1, 0.15) is 5.75 Å². The van der Waals surface area contributed by atoms with Crippen LogP contribution in [0.4, 0.5) is 0 Å². The van der Waals surface area contributed by atoms with E-state index >= 15 is 0 Å². The van der Waals surface area contributed by atoms with E-state index in [0.29, 0.717) is 5.56 Å². The highest BCUT2D eigenvalue weighted by Gasteiger charge is 2.12. The molecule has 0 aliphatic carbocycles. The summed E-state index contributed by atoms with van der Waals surface area (Å²) >= 11 is 0. The topological polar surface area (TPSA) is 70.0 Å². The molecule has 3 N–H and O–H groups in total. The van der Waals surface area contributed by atoms with Gasteiger partial charge in [0.2, 0.25) is 0 Å². The number of phenols is 1. The average Bonchev–Trinajstić information content (AvgIpc) is 2.04. The maximum absolute atomic E-state index is 9.50. The SMILES string of the molecule is Cc1cccc(O)c1[C@@H](N)CC#N. The van der Waals surface area contributed by atoms with Gasteiger partial charge in [0.15, 0.2) is 0 Å². The largest absolute Gasteiger partial charge is 0.508 e. The normalized spacial score (nSPS) is 12.1. The maximum Gasteiger partial charge on any atom is 0.120 e. The van der Waals surface area contributed by atoms with Gasteiger partial charge in [-0.2, -0.15) is 5.26 Å². The van der Waals surface area contributed by atoms with Gasteiger partial charge in [-0.1, -0.05) is 12.1 Å². The minimum absolute atomic E-state index is 0.169. The Hall–Kier alpha value is -1.53. The average molecular weight is 176 g/mol. The van der Waals surface area contributed by atoms with Crippen molar-refractivity contribution in [3.8, 4) is 11.8 Å². The van der Waals surface area contributed by atoms with Crippen LogP contribution >= 0.6 is 0 Å². The van der Waals surface area contributed by atoms with Crippen molar-refractivity contribution >= 4 is 0 Å². The fourth-order valence-electron chi connectivity index (χ4n) is 1.35. The minimum atomic E-state index is -0.397. The first-order chi connectivity index (χ1) is 6.16. The number of nitrogens with zero attached hydrogens (tertiary/aromatic N) is 1. The molecule has 1 aromatic rings. The lowest BCUT2D eigenvalue weighted by molar-refractivity contribution is 0.461. The Morgan fingerprint density at radius 1 is 1.62 bits per heavy atom. The van der Waals surface area contributed by atoms with Crippen LogP contribution in [-0.2, 0) is 0 Å². The highest BCUT2D eigenvalue weighted by Crippen LogP contribution is 2.27. The number of rotatable bonds is 2. The Kier molecular flexibility index (Phi) is 2.88. The Bertz CT molecular complexity index is 321. The molecule has 3 heteroatoms. The number of benzene rings is 1. The van der Waals surface area contributed by atoms with Gasteiger partial charge in [0, 0.05) is 11.6 Å². The number of nitriles is 1. The van der Waals surface area contributed by atoms with E-state index < -0.39 is 6.04 Å². The van der Waals surface area contributed by atoms with Crippen molar-refractivity contribution in [2.45, 2.75) is 19.4 Å². The Morgan fingerprint density at radius 2 is 2.31 bits per heavy atom. The van der Waals surface area contributed by atoms with Crippen LogP contribution in [0.25, 0.3) is 0 Å². The summed E-state index contributed by atoms with van der Waals surface area (Å²) in [6.45, 7) is 1.87. The molecule has 0 fully saturated rings. The molecule has 13 heavy (non-hydrogen) atoms. The van der Waals surface area contributed by atoms with Crippen molar-refractivity contribution in [1.82, 2.24) is 0 Å². The Labute approximate surface area is 77.4 Å². The van der Waals surface area contributed by atoms with E-state index in [2.05, 4.69) is 0 Å². The van der Waals surface area contributed by atoms with E-state index in [4.69, 9.17) is 11.0 Å². The molecule has 3 nitrogen and oxygen atoms in total. The number of aryl methyl sites for hydroxylation is 1. The summed E-state index contributed by atoms with van der Waals surface area (Å²) in [7, 11) is 0. The summed E-state index contributed by atoms with van der Waals surface area (Å²) in [5, 5.41) is 18.0. The van der Waals surface area contributed by atoms with Gasteiger partial charge >= 0.3 is 0 Å². The molecule has 0 amide bonds. The van der Waals surface area contributed by atoms with Crippen molar-refractivity contribution in [3.63, 3.8) is 0 Å². The van der Waals surface area contributed by atoms with E-state index in [0.717, 1.165) is 5.56 Å². The standard InChI is InChI=1S/C10H12N2O/c1-7-3-2-4-9(13)10(7)8(12)5-6-11/h2-4,8,13H,5,12H2,1H3/t8-/m0/s1. The minimum Gasteiger partial charge on any atom is -0.508 e. The van der Waals surface area contributed by atoms with Crippen molar-refractivity contribution in [2.24, 2.45) is 5.73 Å². The van der Waals surface area contributed by atoms with Crippen LogP contribution in [0.3, 0.4) is 0 Å². The summed E-state index contributed by atoms with van der Waals surface area (Å²) in [6, 6.07) is 6.79. The van der Waals surface area contributed by atoms with Crippen LogP contribution in [-0.4, -0.2) is 5.11 Å². The maximum atomic E-state index is 9.50. The summed E-state index contributed by atoms with van der Waals surface area (Å²) in [5.41, 5.74) is 7.31. The molecule has 1 aromatic carbocycles. The van der Waals surface area contributed by atoms with E-state index in [1.54, 1.807) is 12.1 Å². The molecule has 0 unspecified atom stereocenters. The van der Waals surface area contributed by atoms with Crippen molar-refractivity contribution in [1.29, 1.82) is 5.26 Å². The molecule has 1 atom stereocenters. The highest BCUT2D eigenvalue weighted by molar-refractivity contribution is 5.41. The van der Waals surface area contributed by atoms with Crippen LogP contribution < -0.4 is 5.73 Å². The Balaban J connectivity index is 3.06. The number of nitrogens with two attached hydrogens (primary N) is 1. The van der Waals surface area contributed by atoms with Crippen LogP contribution in [0.2, 0.25) is 0 Å². The lowest BCUT2D eigenvalue weighted by atomic mass is 9.99. The van der Waals surface area contributed by atoms with Gasteiger partial charge in [-0.15, -0.1) is 0 Å². The van der Waals surface area contributed by atoms with E-state index in [9.17, 15) is 5.11 Å². The number of phenolic OH excluding ortho intramolecular Hbond substituents is 1. The zero-order chi connectivity index (χ0) is 9.84. The van der Waals surface area contributed by atoms with Gasteiger partial charge in [0.25, 0.3) is 0 Å². The van der Waals surface area contributed by atoms with Crippen molar-refractivity contribution in [2.75, 3.05) is 0 Å². The Morgan fingerprint density at radius 3 is 2.85 bits per heavy atom. The number of aromatic hydroxyl groups is 1. The second kappa shape index (κ2) is 3.92. The monoisotopic (exact) mass is 176 g/mol.